The predicted molar refractivity (Wildman–Crippen MR) is 77.6 cm³/mol. The molecule has 2 heteroatoms. The van der Waals surface area contributed by atoms with Crippen molar-refractivity contribution < 1.29 is 4.74 Å². The van der Waals surface area contributed by atoms with E-state index < -0.39 is 0 Å². The van der Waals surface area contributed by atoms with E-state index in [1.54, 1.807) is 0 Å². The molecule has 0 spiro atoms. The molecule has 0 bridgehead atoms. The number of aryl methyl sites for hydroxylation is 2. The van der Waals surface area contributed by atoms with E-state index in [4.69, 9.17) is 10.5 Å². The zero-order chi connectivity index (χ0) is 13.4. The van der Waals surface area contributed by atoms with Gasteiger partial charge in [-0.2, -0.15) is 0 Å². The van der Waals surface area contributed by atoms with Crippen LogP contribution in [0.25, 0.3) is 0 Å². The number of ether oxygens (including phenoxy) is 1. The highest BCUT2D eigenvalue weighted by Crippen LogP contribution is 2.30. The Kier molecular flexibility index (Phi) is 3.03. The zero-order valence-electron chi connectivity index (χ0n) is 11.4. The van der Waals surface area contributed by atoms with Gasteiger partial charge in [0.1, 0.15) is 5.75 Å². The quantitative estimate of drug-likeness (QED) is 0.891. The van der Waals surface area contributed by atoms with Crippen LogP contribution in [0, 0.1) is 13.8 Å². The summed E-state index contributed by atoms with van der Waals surface area (Å²) in [5.74, 6) is 1.01. The fraction of sp³-hybridized carbons (Fsp3) is 0.294. The summed E-state index contributed by atoms with van der Waals surface area (Å²) in [7, 11) is 0. The molecule has 0 radical (unpaired) electrons. The van der Waals surface area contributed by atoms with Crippen LogP contribution in [0.5, 0.6) is 5.75 Å². The Balaban J connectivity index is 1.97. The molecule has 0 aliphatic carbocycles. The van der Waals surface area contributed by atoms with Gasteiger partial charge < -0.3 is 10.5 Å². The third-order valence-electron chi connectivity index (χ3n) is 3.83. The maximum atomic E-state index is 6.42. The van der Waals surface area contributed by atoms with E-state index >= 15 is 0 Å². The topological polar surface area (TPSA) is 35.2 Å². The molecule has 3 rings (SSSR count). The SMILES string of the molecule is Cc1ccc(C(N)c2ccc3c(c2)CCO3)c(C)c1. The summed E-state index contributed by atoms with van der Waals surface area (Å²) >= 11 is 0. The standard InChI is InChI=1S/C17H19NO/c1-11-3-5-15(12(2)9-11)17(18)14-4-6-16-13(10-14)7-8-19-16/h3-6,9-10,17H,7-8,18H2,1-2H3. The monoisotopic (exact) mass is 253 g/mol. The molecule has 2 N–H and O–H groups in total. The van der Waals surface area contributed by atoms with Gasteiger partial charge in [-0.05, 0) is 42.2 Å². The fourth-order valence-corrected chi connectivity index (χ4v) is 2.75. The van der Waals surface area contributed by atoms with Crippen molar-refractivity contribution in [2.24, 2.45) is 5.73 Å². The van der Waals surface area contributed by atoms with Gasteiger partial charge in [-0.15, -0.1) is 0 Å². The first kappa shape index (κ1) is 12.2. The fourth-order valence-electron chi connectivity index (χ4n) is 2.75. The van der Waals surface area contributed by atoms with Crippen LogP contribution in [-0.2, 0) is 6.42 Å². The second-order valence-corrected chi connectivity index (χ2v) is 5.30. The van der Waals surface area contributed by atoms with Gasteiger partial charge in [0.05, 0.1) is 12.6 Å². The number of rotatable bonds is 2. The lowest BCUT2D eigenvalue weighted by Crippen LogP contribution is -2.13. The molecular formula is C17H19NO. The van der Waals surface area contributed by atoms with E-state index in [9.17, 15) is 0 Å². The average molecular weight is 253 g/mol. The second kappa shape index (κ2) is 4.71. The van der Waals surface area contributed by atoms with E-state index in [1.165, 1.54) is 22.3 Å². The molecule has 0 aromatic heterocycles. The number of hydrogen-bond acceptors (Lipinski definition) is 2. The Morgan fingerprint density at radius 2 is 1.95 bits per heavy atom. The normalized spacial score (nSPS) is 14.9. The maximum absolute atomic E-state index is 6.42. The lowest BCUT2D eigenvalue weighted by Gasteiger charge is -2.16. The molecule has 2 nitrogen and oxygen atoms in total. The molecule has 0 saturated carbocycles. The summed E-state index contributed by atoms with van der Waals surface area (Å²) in [5, 5.41) is 0. The summed E-state index contributed by atoms with van der Waals surface area (Å²) in [4.78, 5) is 0. The van der Waals surface area contributed by atoms with E-state index in [0.717, 1.165) is 24.3 Å². The lowest BCUT2D eigenvalue weighted by molar-refractivity contribution is 0.357. The molecule has 1 heterocycles. The molecule has 1 aliphatic heterocycles. The van der Waals surface area contributed by atoms with Gasteiger partial charge in [0.15, 0.2) is 0 Å². The van der Waals surface area contributed by atoms with E-state index in [1.807, 2.05) is 6.07 Å². The summed E-state index contributed by atoms with van der Waals surface area (Å²) in [6.45, 7) is 5.02. The molecule has 98 valence electrons. The highest BCUT2D eigenvalue weighted by Gasteiger charge is 2.16. The third kappa shape index (κ3) is 2.24. The van der Waals surface area contributed by atoms with Gasteiger partial charge >= 0.3 is 0 Å². The number of benzene rings is 2. The van der Waals surface area contributed by atoms with Crippen LogP contribution >= 0.6 is 0 Å². The highest BCUT2D eigenvalue weighted by molar-refractivity contribution is 5.44. The van der Waals surface area contributed by atoms with Crippen LogP contribution in [0.15, 0.2) is 36.4 Å². The molecule has 2 aromatic carbocycles. The molecule has 2 aromatic rings. The minimum atomic E-state index is -0.0634. The first-order valence-electron chi connectivity index (χ1n) is 6.73. The molecule has 1 aliphatic rings. The van der Waals surface area contributed by atoms with Crippen LogP contribution < -0.4 is 10.5 Å². The van der Waals surface area contributed by atoms with E-state index in [-0.39, 0.29) is 6.04 Å². The Hall–Kier alpha value is -1.80. The van der Waals surface area contributed by atoms with Crippen molar-refractivity contribution in [1.29, 1.82) is 0 Å². The minimum absolute atomic E-state index is 0.0634. The van der Waals surface area contributed by atoms with Gasteiger partial charge in [0, 0.05) is 6.42 Å². The van der Waals surface area contributed by atoms with Crippen molar-refractivity contribution in [2.75, 3.05) is 6.61 Å². The van der Waals surface area contributed by atoms with Gasteiger partial charge in [0.2, 0.25) is 0 Å². The Morgan fingerprint density at radius 1 is 1.11 bits per heavy atom. The first-order chi connectivity index (χ1) is 9.15. The van der Waals surface area contributed by atoms with Gasteiger partial charge in [-0.25, -0.2) is 0 Å². The summed E-state index contributed by atoms with van der Waals surface area (Å²) in [6.07, 6.45) is 0.989. The molecule has 1 atom stereocenters. The number of fused-ring (bicyclic) bond motifs is 1. The molecule has 1 unspecified atom stereocenters. The predicted octanol–water partition coefficient (Wildman–Crippen LogP) is 3.29. The maximum Gasteiger partial charge on any atom is 0.122 e. The van der Waals surface area contributed by atoms with Crippen LogP contribution in [0.2, 0.25) is 0 Å². The van der Waals surface area contributed by atoms with Gasteiger partial charge in [-0.1, -0.05) is 35.9 Å². The van der Waals surface area contributed by atoms with Crippen molar-refractivity contribution >= 4 is 0 Å². The minimum Gasteiger partial charge on any atom is -0.493 e. The zero-order valence-corrected chi connectivity index (χ0v) is 11.4. The van der Waals surface area contributed by atoms with Gasteiger partial charge in [-0.3, -0.25) is 0 Å². The van der Waals surface area contributed by atoms with Gasteiger partial charge in [0.25, 0.3) is 0 Å². The van der Waals surface area contributed by atoms with E-state index in [2.05, 4.69) is 44.2 Å². The first-order valence-corrected chi connectivity index (χ1v) is 6.73. The van der Waals surface area contributed by atoms with Crippen molar-refractivity contribution in [1.82, 2.24) is 0 Å². The van der Waals surface area contributed by atoms with E-state index in [0.29, 0.717) is 0 Å². The Bertz CT molecular complexity index is 619. The Labute approximate surface area is 114 Å². The van der Waals surface area contributed by atoms with Crippen LogP contribution in [0.1, 0.15) is 33.9 Å². The average Bonchev–Trinajstić information content (AvgIpc) is 2.85. The smallest absolute Gasteiger partial charge is 0.122 e. The second-order valence-electron chi connectivity index (χ2n) is 5.30. The third-order valence-corrected chi connectivity index (χ3v) is 3.83. The van der Waals surface area contributed by atoms with Crippen molar-refractivity contribution in [3.63, 3.8) is 0 Å². The van der Waals surface area contributed by atoms with Crippen LogP contribution in [-0.4, -0.2) is 6.61 Å². The van der Waals surface area contributed by atoms with Crippen LogP contribution in [0.3, 0.4) is 0 Å². The van der Waals surface area contributed by atoms with Crippen molar-refractivity contribution in [3.8, 4) is 5.75 Å². The molecule has 19 heavy (non-hydrogen) atoms. The van der Waals surface area contributed by atoms with Crippen LogP contribution in [0.4, 0.5) is 0 Å². The summed E-state index contributed by atoms with van der Waals surface area (Å²) in [6, 6.07) is 12.7. The Morgan fingerprint density at radius 3 is 2.74 bits per heavy atom. The highest BCUT2D eigenvalue weighted by atomic mass is 16.5. The number of nitrogens with two attached hydrogens (primary N) is 1. The van der Waals surface area contributed by atoms with Crippen molar-refractivity contribution in [2.45, 2.75) is 26.3 Å². The summed E-state index contributed by atoms with van der Waals surface area (Å²) < 4.78 is 5.54. The molecule has 0 amide bonds. The number of hydrogen-bond donors (Lipinski definition) is 1. The summed E-state index contributed by atoms with van der Waals surface area (Å²) in [5.41, 5.74) is 12.6. The van der Waals surface area contributed by atoms with Crippen molar-refractivity contribution in [3.05, 3.63) is 64.2 Å². The largest absolute Gasteiger partial charge is 0.493 e. The molecular weight excluding hydrogens is 234 g/mol. The molecule has 0 saturated heterocycles. The lowest BCUT2D eigenvalue weighted by atomic mass is 9.93. The molecule has 0 fully saturated rings.